The molecule has 8 nitrogen and oxygen atoms in total. The molecule has 1 aromatic carbocycles. The number of ether oxygens (including phenoxy) is 4. The smallest absolute Gasteiger partial charge is 0.213 e. The second-order valence-electron chi connectivity index (χ2n) is 8.69. The maximum Gasteiger partial charge on any atom is 0.213 e. The summed E-state index contributed by atoms with van der Waals surface area (Å²) in [7, 11) is 0. The van der Waals surface area contributed by atoms with Gasteiger partial charge in [0.2, 0.25) is 5.88 Å². The summed E-state index contributed by atoms with van der Waals surface area (Å²) in [6.45, 7) is 2.20. The number of aliphatic hydroxyl groups excluding tert-OH is 1. The topological polar surface area (TPSA) is 89.1 Å². The average Bonchev–Trinajstić information content (AvgIpc) is 3.50. The van der Waals surface area contributed by atoms with Gasteiger partial charge in [0.05, 0.1) is 37.5 Å². The summed E-state index contributed by atoms with van der Waals surface area (Å²) in [5.74, 6) is -2.71. The summed E-state index contributed by atoms with van der Waals surface area (Å²) in [5, 5.41) is 9.92. The van der Waals surface area contributed by atoms with Crippen LogP contribution in [-0.4, -0.2) is 79.0 Å². The number of aliphatic hydroxyl groups is 1. The molecule has 6 rings (SSSR count). The Morgan fingerprint density at radius 2 is 1.74 bits per heavy atom. The van der Waals surface area contributed by atoms with Gasteiger partial charge in [0, 0.05) is 24.8 Å². The van der Waals surface area contributed by atoms with Crippen LogP contribution in [0.4, 0.5) is 18.9 Å². The largest absolute Gasteiger partial charge is 0.469 e. The monoisotopic (exact) mass is 511 g/mol. The lowest BCUT2D eigenvalue weighted by Crippen LogP contribution is -2.36. The van der Waals surface area contributed by atoms with Crippen molar-refractivity contribution in [2.45, 2.75) is 24.4 Å². The number of fused-ring (bicyclic) bond motifs is 2. The molecule has 3 aromatic rings. The average molecular weight is 512 g/mol. The lowest BCUT2D eigenvalue weighted by atomic mass is 10.1. The van der Waals surface area contributed by atoms with E-state index in [0.717, 1.165) is 18.2 Å². The molecule has 0 amide bonds. The third kappa shape index (κ3) is 3.91. The minimum absolute atomic E-state index is 0.0222. The van der Waals surface area contributed by atoms with Crippen LogP contribution >= 0.6 is 11.6 Å². The van der Waals surface area contributed by atoms with Crippen molar-refractivity contribution in [2.24, 2.45) is 0 Å². The number of anilines is 1. The number of halogens is 4. The minimum atomic E-state index is -0.938. The standard InChI is InChI=1S/C23H21ClF3N3O5/c24-18-20-14(28-23(18)35-16-9-34-21-15(31)8-33-22(16)21)7-13(27)19(29-20)17-11(25)5-10(6-12(17)26)30-1-3-32-4-2-30/h5-7,15-16,21-22,28,31H,1-4,8-9H2/t15-,16-,21-,22-/m1/s1. The van der Waals surface area contributed by atoms with E-state index in [-0.39, 0.29) is 35.1 Å². The Hall–Kier alpha value is -2.57. The first kappa shape index (κ1) is 22.9. The molecule has 2 N–H and O–H groups in total. The maximum atomic E-state index is 15.0. The van der Waals surface area contributed by atoms with Crippen LogP contribution in [-0.2, 0) is 14.2 Å². The van der Waals surface area contributed by atoms with E-state index in [2.05, 4.69) is 9.97 Å². The predicted octanol–water partition coefficient (Wildman–Crippen LogP) is 3.04. The van der Waals surface area contributed by atoms with Crippen molar-refractivity contribution >= 4 is 28.3 Å². The molecule has 12 heteroatoms. The zero-order valence-electron chi connectivity index (χ0n) is 18.3. The highest BCUT2D eigenvalue weighted by molar-refractivity contribution is 6.36. The second-order valence-corrected chi connectivity index (χ2v) is 9.06. The quantitative estimate of drug-likeness (QED) is 0.556. The molecular weight excluding hydrogens is 491 g/mol. The number of H-pyrrole nitrogens is 1. The van der Waals surface area contributed by atoms with Crippen molar-refractivity contribution in [1.82, 2.24) is 9.97 Å². The molecule has 35 heavy (non-hydrogen) atoms. The Bertz CT molecular complexity index is 1260. The van der Waals surface area contributed by atoms with Gasteiger partial charge in [-0.3, -0.25) is 0 Å². The van der Waals surface area contributed by atoms with E-state index >= 15 is 8.78 Å². The number of nitrogens with zero attached hydrogens (tertiary/aromatic N) is 2. The number of nitrogens with one attached hydrogen (secondary N) is 1. The number of rotatable bonds is 4. The van der Waals surface area contributed by atoms with E-state index in [4.69, 9.17) is 30.5 Å². The van der Waals surface area contributed by atoms with Crippen LogP contribution in [0.1, 0.15) is 0 Å². The van der Waals surface area contributed by atoms with Gasteiger partial charge in [-0.25, -0.2) is 18.2 Å². The van der Waals surface area contributed by atoms with E-state index in [9.17, 15) is 9.50 Å². The Balaban J connectivity index is 1.33. The first-order valence-corrected chi connectivity index (χ1v) is 11.6. The van der Waals surface area contributed by atoms with Crippen LogP contribution in [0.25, 0.3) is 22.3 Å². The second kappa shape index (κ2) is 8.82. The zero-order valence-corrected chi connectivity index (χ0v) is 19.0. The molecule has 0 radical (unpaired) electrons. The molecule has 2 aromatic heterocycles. The van der Waals surface area contributed by atoms with Crippen molar-refractivity contribution < 1.29 is 37.2 Å². The van der Waals surface area contributed by atoms with Crippen molar-refractivity contribution in [3.63, 3.8) is 0 Å². The highest BCUT2D eigenvalue weighted by atomic mass is 35.5. The number of pyridine rings is 1. The lowest BCUT2D eigenvalue weighted by Gasteiger charge is -2.29. The molecule has 0 spiro atoms. The molecule has 5 heterocycles. The van der Waals surface area contributed by atoms with Gasteiger partial charge in [0.15, 0.2) is 11.9 Å². The number of benzene rings is 1. The van der Waals surface area contributed by atoms with Gasteiger partial charge in [0.25, 0.3) is 0 Å². The number of aromatic nitrogens is 2. The van der Waals surface area contributed by atoms with E-state index in [1.54, 1.807) is 4.90 Å². The Morgan fingerprint density at radius 1 is 1.03 bits per heavy atom. The van der Waals surface area contributed by atoms with E-state index in [1.807, 2.05) is 0 Å². The predicted molar refractivity (Wildman–Crippen MR) is 119 cm³/mol. The van der Waals surface area contributed by atoms with Crippen LogP contribution in [0.2, 0.25) is 5.02 Å². The Labute approximate surface area is 202 Å². The summed E-state index contributed by atoms with van der Waals surface area (Å²) < 4.78 is 67.3. The van der Waals surface area contributed by atoms with Crippen molar-refractivity contribution in [3.05, 3.63) is 40.7 Å². The van der Waals surface area contributed by atoms with Gasteiger partial charge in [-0.05, 0) is 12.1 Å². The van der Waals surface area contributed by atoms with Gasteiger partial charge in [-0.15, -0.1) is 0 Å². The molecule has 0 saturated carbocycles. The van der Waals surface area contributed by atoms with Gasteiger partial charge in [-0.2, -0.15) is 0 Å². The van der Waals surface area contributed by atoms with E-state index in [0.29, 0.717) is 32.0 Å². The molecule has 3 aliphatic heterocycles. The molecule has 0 bridgehead atoms. The normalized spacial score (nSPS) is 26.5. The Kier molecular flexibility index (Phi) is 5.76. The summed E-state index contributed by atoms with van der Waals surface area (Å²) >= 11 is 6.45. The Morgan fingerprint density at radius 3 is 2.49 bits per heavy atom. The van der Waals surface area contributed by atoms with Crippen LogP contribution in [0.3, 0.4) is 0 Å². The first-order valence-electron chi connectivity index (χ1n) is 11.2. The highest BCUT2D eigenvalue weighted by Gasteiger charge is 2.48. The lowest BCUT2D eigenvalue weighted by molar-refractivity contribution is 0.00796. The van der Waals surface area contributed by atoms with Gasteiger partial charge >= 0.3 is 0 Å². The van der Waals surface area contributed by atoms with E-state index < -0.39 is 53.1 Å². The summed E-state index contributed by atoms with van der Waals surface area (Å²) in [5.41, 5.74) is -0.446. The van der Waals surface area contributed by atoms with Crippen molar-refractivity contribution in [1.29, 1.82) is 0 Å². The molecule has 3 fully saturated rings. The summed E-state index contributed by atoms with van der Waals surface area (Å²) in [6.07, 6.45) is -2.29. The van der Waals surface area contributed by atoms with Crippen LogP contribution in [0, 0.1) is 17.5 Å². The van der Waals surface area contributed by atoms with Gasteiger partial charge in [-0.1, -0.05) is 11.6 Å². The van der Waals surface area contributed by atoms with E-state index in [1.165, 1.54) is 0 Å². The third-order valence-electron chi connectivity index (χ3n) is 6.52. The molecular formula is C23H21ClF3N3O5. The maximum absolute atomic E-state index is 15.0. The molecule has 3 saturated heterocycles. The number of hydrogen-bond acceptors (Lipinski definition) is 7. The minimum Gasteiger partial charge on any atom is -0.469 e. The summed E-state index contributed by atoms with van der Waals surface area (Å²) in [6, 6.07) is 3.39. The van der Waals surface area contributed by atoms with Crippen LogP contribution in [0.15, 0.2) is 18.2 Å². The molecule has 186 valence electrons. The summed E-state index contributed by atoms with van der Waals surface area (Å²) in [4.78, 5) is 8.79. The molecule has 0 unspecified atom stereocenters. The number of aromatic amines is 1. The molecule has 4 atom stereocenters. The SMILES string of the molecule is O[C@@H]1CO[C@H]2[C@@H]1OC[C@H]2Oc1[nH]c2cc(F)c(-c3c(F)cc(N4CCOCC4)cc3F)nc2c1Cl. The third-order valence-corrected chi connectivity index (χ3v) is 6.87. The fourth-order valence-electron chi connectivity index (χ4n) is 4.78. The number of morpholine rings is 1. The number of hydrogen-bond donors (Lipinski definition) is 2. The molecule has 0 aliphatic carbocycles. The van der Waals surface area contributed by atoms with Gasteiger partial charge < -0.3 is 33.9 Å². The zero-order chi connectivity index (χ0) is 24.3. The van der Waals surface area contributed by atoms with Crippen molar-refractivity contribution in [3.8, 4) is 17.1 Å². The van der Waals surface area contributed by atoms with Crippen LogP contribution in [0.5, 0.6) is 5.88 Å². The first-order chi connectivity index (χ1) is 16.9. The van der Waals surface area contributed by atoms with Crippen molar-refractivity contribution in [2.75, 3.05) is 44.4 Å². The highest BCUT2D eigenvalue weighted by Crippen LogP contribution is 2.38. The fraction of sp³-hybridized carbons (Fsp3) is 0.435. The molecule has 3 aliphatic rings. The van der Waals surface area contributed by atoms with Gasteiger partial charge in [0.1, 0.15) is 46.2 Å². The van der Waals surface area contributed by atoms with Crippen LogP contribution < -0.4 is 9.64 Å². The fourth-order valence-corrected chi connectivity index (χ4v) is 5.02.